The van der Waals surface area contributed by atoms with Gasteiger partial charge in [-0.3, -0.25) is 9.59 Å². The second-order valence-electron chi connectivity index (χ2n) is 6.74. The molecule has 25 heavy (non-hydrogen) atoms. The molecule has 2 N–H and O–H groups in total. The van der Waals surface area contributed by atoms with Crippen LogP contribution in [0.15, 0.2) is 24.3 Å². The molecule has 0 bridgehead atoms. The number of anilines is 1. The van der Waals surface area contributed by atoms with Gasteiger partial charge in [0.1, 0.15) is 12.1 Å². The molecule has 1 aromatic carbocycles. The lowest BCUT2D eigenvalue weighted by molar-refractivity contribution is -0.156. The van der Waals surface area contributed by atoms with Gasteiger partial charge in [0, 0.05) is 23.8 Å². The van der Waals surface area contributed by atoms with Gasteiger partial charge < -0.3 is 20.4 Å². The van der Waals surface area contributed by atoms with Crippen LogP contribution in [-0.2, 0) is 9.59 Å². The molecule has 4 rings (SSSR count). The van der Waals surface area contributed by atoms with E-state index in [1.807, 2.05) is 0 Å². The number of amides is 4. The van der Waals surface area contributed by atoms with Crippen LogP contribution >= 0.6 is 11.6 Å². The molecular weight excluding hydrogens is 344 g/mol. The van der Waals surface area contributed by atoms with Gasteiger partial charge in [-0.25, -0.2) is 4.79 Å². The third-order valence-corrected chi connectivity index (χ3v) is 5.34. The van der Waals surface area contributed by atoms with Gasteiger partial charge in [-0.15, -0.1) is 0 Å². The largest absolute Gasteiger partial charge is 0.333 e. The van der Waals surface area contributed by atoms with Gasteiger partial charge in [-0.05, 0) is 37.5 Å². The van der Waals surface area contributed by atoms with E-state index in [0.717, 1.165) is 12.8 Å². The quantitative estimate of drug-likeness (QED) is 0.835. The molecule has 0 spiro atoms. The first-order chi connectivity index (χ1) is 12.0. The Kier molecular flexibility index (Phi) is 4.03. The Bertz CT molecular complexity index is 710. The number of hydrogen-bond donors (Lipinski definition) is 2. The maximum atomic E-state index is 12.6. The maximum Gasteiger partial charge on any atom is 0.319 e. The van der Waals surface area contributed by atoms with Crippen molar-refractivity contribution in [2.45, 2.75) is 37.4 Å². The average Bonchev–Trinajstić information content (AvgIpc) is 3.20. The van der Waals surface area contributed by atoms with Gasteiger partial charge in [0.25, 0.3) is 0 Å². The predicted octanol–water partition coefficient (Wildman–Crippen LogP) is 1.44. The number of nitrogens with zero attached hydrogens (tertiary/aromatic N) is 2. The first kappa shape index (κ1) is 16.2. The number of carbonyl (C=O) groups is 3. The van der Waals surface area contributed by atoms with E-state index in [4.69, 9.17) is 11.6 Å². The normalized spacial score (nSPS) is 28.0. The highest BCUT2D eigenvalue weighted by Crippen LogP contribution is 2.32. The number of benzene rings is 1. The zero-order valence-electron chi connectivity index (χ0n) is 13.6. The molecule has 7 nitrogen and oxygen atoms in total. The third kappa shape index (κ3) is 2.93. The molecule has 3 aliphatic rings. The Morgan fingerprint density at radius 1 is 1.16 bits per heavy atom. The van der Waals surface area contributed by atoms with E-state index in [2.05, 4.69) is 10.6 Å². The number of urea groups is 1. The summed E-state index contributed by atoms with van der Waals surface area (Å²) in [5, 5.41) is 6.11. The topological polar surface area (TPSA) is 81.8 Å². The summed E-state index contributed by atoms with van der Waals surface area (Å²) in [6.07, 6.45) is 2.07. The zero-order valence-corrected chi connectivity index (χ0v) is 14.3. The highest BCUT2D eigenvalue weighted by Gasteiger charge is 2.51. The number of carbonyl (C=O) groups excluding carboxylic acids is 3. The molecule has 0 saturated carbocycles. The van der Waals surface area contributed by atoms with E-state index >= 15 is 0 Å². The maximum absolute atomic E-state index is 12.6. The second-order valence-corrected chi connectivity index (χ2v) is 7.17. The molecule has 0 aliphatic carbocycles. The molecule has 3 atom stereocenters. The summed E-state index contributed by atoms with van der Waals surface area (Å²) in [7, 11) is 0. The summed E-state index contributed by atoms with van der Waals surface area (Å²) < 4.78 is 0. The fourth-order valence-electron chi connectivity index (χ4n) is 4.01. The van der Waals surface area contributed by atoms with Gasteiger partial charge in [-0.2, -0.15) is 0 Å². The van der Waals surface area contributed by atoms with Gasteiger partial charge in [0.2, 0.25) is 11.8 Å². The van der Waals surface area contributed by atoms with Crippen molar-refractivity contribution in [1.82, 2.24) is 15.1 Å². The van der Waals surface area contributed by atoms with Crippen LogP contribution in [0.4, 0.5) is 10.5 Å². The number of piperazine rings is 1. The molecule has 0 radical (unpaired) electrons. The Balaban J connectivity index is 1.40. The average molecular weight is 363 g/mol. The van der Waals surface area contributed by atoms with Crippen molar-refractivity contribution >= 4 is 35.1 Å². The molecule has 132 valence electrons. The second kappa shape index (κ2) is 6.22. The first-order valence-corrected chi connectivity index (χ1v) is 8.85. The zero-order chi connectivity index (χ0) is 17.6. The van der Waals surface area contributed by atoms with Crippen LogP contribution in [0.2, 0.25) is 5.02 Å². The molecule has 4 amide bonds. The van der Waals surface area contributed by atoms with Crippen molar-refractivity contribution in [3.63, 3.8) is 0 Å². The van der Waals surface area contributed by atoms with Crippen LogP contribution in [0.3, 0.4) is 0 Å². The highest BCUT2D eigenvalue weighted by atomic mass is 35.5. The Morgan fingerprint density at radius 3 is 2.76 bits per heavy atom. The summed E-state index contributed by atoms with van der Waals surface area (Å²) in [5.41, 5.74) is 0.591. The standard InChI is InChI=1S/C17H19ClN4O3/c18-10-3-1-4-11(7-10)19-17(25)20-12-8-14-16(24)21-6-2-5-13(21)15(23)22(14)9-12/h1,3-4,7,12-14H,2,5-6,8-9H2,(H2,19,20,25)/t12-,13+,14-/m0/s1. The number of halogens is 1. The Morgan fingerprint density at radius 2 is 1.96 bits per heavy atom. The third-order valence-electron chi connectivity index (χ3n) is 5.11. The van der Waals surface area contributed by atoms with Gasteiger partial charge in [-0.1, -0.05) is 17.7 Å². The molecule has 8 heteroatoms. The van der Waals surface area contributed by atoms with Crippen LogP contribution < -0.4 is 10.6 Å². The number of rotatable bonds is 2. The van der Waals surface area contributed by atoms with Crippen LogP contribution in [0.25, 0.3) is 0 Å². The van der Waals surface area contributed by atoms with E-state index < -0.39 is 6.04 Å². The summed E-state index contributed by atoms with van der Waals surface area (Å²) in [6.45, 7) is 1.04. The summed E-state index contributed by atoms with van der Waals surface area (Å²) in [5.74, 6) is 0.0308. The van der Waals surface area contributed by atoms with Crippen LogP contribution in [0.5, 0.6) is 0 Å². The number of hydrogen-bond acceptors (Lipinski definition) is 3. The van der Waals surface area contributed by atoms with E-state index in [-0.39, 0.29) is 29.9 Å². The van der Waals surface area contributed by atoms with Gasteiger partial charge in [0.05, 0.1) is 6.04 Å². The molecule has 3 heterocycles. The monoisotopic (exact) mass is 362 g/mol. The minimum Gasteiger partial charge on any atom is -0.333 e. The molecule has 3 saturated heterocycles. The van der Waals surface area contributed by atoms with Crippen LogP contribution in [-0.4, -0.2) is 58.9 Å². The van der Waals surface area contributed by atoms with E-state index in [9.17, 15) is 14.4 Å². The van der Waals surface area contributed by atoms with Gasteiger partial charge >= 0.3 is 6.03 Å². The van der Waals surface area contributed by atoms with E-state index in [1.165, 1.54) is 0 Å². The highest BCUT2D eigenvalue weighted by molar-refractivity contribution is 6.30. The van der Waals surface area contributed by atoms with Crippen molar-refractivity contribution in [1.29, 1.82) is 0 Å². The molecule has 0 unspecified atom stereocenters. The fourth-order valence-corrected chi connectivity index (χ4v) is 4.20. The van der Waals surface area contributed by atoms with E-state index in [1.54, 1.807) is 34.1 Å². The predicted molar refractivity (Wildman–Crippen MR) is 92.2 cm³/mol. The van der Waals surface area contributed by atoms with Crippen LogP contribution in [0, 0.1) is 0 Å². The van der Waals surface area contributed by atoms with Gasteiger partial charge in [0.15, 0.2) is 0 Å². The lowest BCUT2D eigenvalue weighted by atomic mass is 10.1. The number of nitrogens with one attached hydrogen (secondary N) is 2. The first-order valence-electron chi connectivity index (χ1n) is 8.47. The summed E-state index contributed by atoms with van der Waals surface area (Å²) >= 11 is 5.90. The Labute approximate surface area is 150 Å². The minimum atomic E-state index is -0.446. The summed E-state index contributed by atoms with van der Waals surface area (Å²) in [4.78, 5) is 40.7. The van der Waals surface area contributed by atoms with Crippen molar-refractivity contribution in [3.05, 3.63) is 29.3 Å². The molecular formula is C17H19ClN4O3. The molecule has 0 aromatic heterocycles. The number of fused-ring (bicyclic) bond motifs is 2. The minimum absolute atomic E-state index is 0.0154. The lowest BCUT2D eigenvalue weighted by Crippen LogP contribution is -2.60. The lowest BCUT2D eigenvalue weighted by Gasteiger charge is -2.38. The fraction of sp³-hybridized carbons (Fsp3) is 0.471. The van der Waals surface area contributed by atoms with E-state index in [0.29, 0.717) is 30.2 Å². The molecule has 1 aromatic rings. The SMILES string of the molecule is O=C(Nc1cccc(Cl)c1)N[C@H]1C[C@H]2C(=O)N3CCC[C@@H]3C(=O)N2C1. The summed E-state index contributed by atoms with van der Waals surface area (Å²) in [6, 6.07) is 5.51. The van der Waals surface area contributed by atoms with Crippen LogP contribution in [0.1, 0.15) is 19.3 Å². The molecule has 3 aliphatic heterocycles. The molecule has 3 fully saturated rings. The van der Waals surface area contributed by atoms with Crippen molar-refractivity contribution < 1.29 is 14.4 Å². The smallest absolute Gasteiger partial charge is 0.319 e. The van der Waals surface area contributed by atoms with Crippen molar-refractivity contribution in [3.8, 4) is 0 Å². The van der Waals surface area contributed by atoms with Crippen molar-refractivity contribution in [2.24, 2.45) is 0 Å². The van der Waals surface area contributed by atoms with Crippen molar-refractivity contribution in [2.75, 3.05) is 18.4 Å². The Hall–Kier alpha value is -2.28.